The number of fused-ring (bicyclic) bond motifs is 3. The van der Waals surface area contributed by atoms with Crippen molar-refractivity contribution < 1.29 is 14.3 Å². The summed E-state index contributed by atoms with van der Waals surface area (Å²) >= 11 is 0. The zero-order valence-electron chi connectivity index (χ0n) is 16.5. The van der Waals surface area contributed by atoms with E-state index in [-0.39, 0.29) is 30.4 Å². The zero-order valence-corrected chi connectivity index (χ0v) is 16.5. The lowest BCUT2D eigenvalue weighted by molar-refractivity contribution is -0.122. The topological polar surface area (TPSA) is 63.6 Å². The normalized spacial score (nSPS) is 18.2. The van der Waals surface area contributed by atoms with Crippen molar-refractivity contribution in [2.45, 2.75) is 24.9 Å². The molecule has 1 unspecified atom stereocenters. The van der Waals surface area contributed by atoms with E-state index < -0.39 is 0 Å². The van der Waals surface area contributed by atoms with Gasteiger partial charge in [-0.15, -0.1) is 0 Å². The maximum atomic E-state index is 13.4. The van der Waals surface area contributed by atoms with Crippen molar-refractivity contribution in [2.24, 2.45) is 7.05 Å². The molecule has 6 heteroatoms. The number of aromatic nitrogens is 1. The van der Waals surface area contributed by atoms with Gasteiger partial charge in [-0.25, -0.2) is 0 Å². The van der Waals surface area contributed by atoms with Crippen molar-refractivity contribution in [1.82, 2.24) is 14.8 Å². The maximum Gasteiger partial charge on any atom is 0.272 e. The fourth-order valence-electron chi connectivity index (χ4n) is 4.32. The van der Waals surface area contributed by atoms with Crippen LogP contribution in [-0.4, -0.2) is 41.0 Å². The molecule has 0 spiro atoms. The first-order valence-corrected chi connectivity index (χ1v) is 9.90. The molecule has 148 valence electrons. The molecular weight excluding hydrogens is 366 g/mol. The molecule has 2 heterocycles. The van der Waals surface area contributed by atoms with Crippen LogP contribution in [0.3, 0.4) is 0 Å². The molecule has 0 radical (unpaired) electrons. The Labute approximate surface area is 169 Å². The summed E-state index contributed by atoms with van der Waals surface area (Å²) in [6.45, 7) is 0.0506. The number of ether oxygens (including phenoxy) is 1. The molecule has 3 aromatic rings. The van der Waals surface area contributed by atoms with Crippen LogP contribution in [0.5, 0.6) is 5.75 Å². The largest absolute Gasteiger partial charge is 0.497 e. The SMILES string of the molecule is COc1ccc(C2c3c(n(C)c4ccccc34)C(=O)N2CC(=O)NC2CC2)cc1. The molecule has 2 aromatic carbocycles. The summed E-state index contributed by atoms with van der Waals surface area (Å²) in [7, 11) is 3.54. The van der Waals surface area contributed by atoms with Gasteiger partial charge in [0, 0.05) is 29.6 Å². The fourth-order valence-corrected chi connectivity index (χ4v) is 4.32. The van der Waals surface area contributed by atoms with Gasteiger partial charge >= 0.3 is 0 Å². The summed E-state index contributed by atoms with van der Waals surface area (Å²) < 4.78 is 7.24. The predicted molar refractivity (Wildman–Crippen MR) is 110 cm³/mol. The monoisotopic (exact) mass is 389 g/mol. The zero-order chi connectivity index (χ0) is 20.1. The lowest BCUT2D eigenvalue weighted by Gasteiger charge is -2.26. The van der Waals surface area contributed by atoms with Gasteiger partial charge in [-0.2, -0.15) is 0 Å². The van der Waals surface area contributed by atoms with E-state index in [1.807, 2.05) is 60.1 Å². The summed E-state index contributed by atoms with van der Waals surface area (Å²) in [5.41, 5.74) is 3.61. The predicted octanol–water partition coefficient (Wildman–Crippen LogP) is 3.01. The molecule has 0 bridgehead atoms. The van der Waals surface area contributed by atoms with Gasteiger partial charge in [-0.05, 0) is 36.6 Å². The Morgan fingerprint density at radius 2 is 1.86 bits per heavy atom. The molecule has 1 atom stereocenters. The van der Waals surface area contributed by atoms with E-state index >= 15 is 0 Å². The first-order valence-electron chi connectivity index (χ1n) is 9.90. The Morgan fingerprint density at radius 3 is 2.55 bits per heavy atom. The summed E-state index contributed by atoms with van der Waals surface area (Å²) in [6, 6.07) is 15.7. The van der Waals surface area contributed by atoms with Crippen molar-refractivity contribution in [3.8, 4) is 5.75 Å². The second-order valence-electron chi connectivity index (χ2n) is 7.79. The minimum Gasteiger partial charge on any atom is -0.497 e. The Morgan fingerprint density at radius 1 is 1.14 bits per heavy atom. The third kappa shape index (κ3) is 2.87. The Balaban J connectivity index is 1.62. The number of rotatable bonds is 5. The van der Waals surface area contributed by atoms with Crippen LogP contribution in [0.15, 0.2) is 48.5 Å². The highest BCUT2D eigenvalue weighted by molar-refractivity contribution is 6.07. The van der Waals surface area contributed by atoms with E-state index in [2.05, 4.69) is 5.32 Å². The summed E-state index contributed by atoms with van der Waals surface area (Å²) in [5.74, 6) is 0.552. The maximum absolute atomic E-state index is 13.4. The quantitative estimate of drug-likeness (QED) is 0.730. The van der Waals surface area contributed by atoms with Gasteiger partial charge in [-0.3, -0.25) is 9.59 Å². The van der Waals surface area contributed by atoms with E-state index in [1.54, 1.807) is 12.0 Å². The molecule has 2 amide bonds. The van der Waals surface area contributed by atoms with Crippen LogP contribution in [0, 0.1) is 0 Å². The van der Waals surface area contributed by atoms with Gasteiger partial charge in [0.15, 0.2) is 0 Å². The first-order chi connectivity index (χ1) is 14.1. The number of methoxy groups -OCH3 is 1. The van der Waals surface area contributed by atoms with Crippen LogP contribution >= 0.6 is 0 Å². The molecule has 1 aliphatic heterocycles. The van der Waals surface area contributed by atoms with Crippen LogP contribution in [0.25, 0.3) is 10.9 Å². The van der Waals surface area contributed by atoms with E-state index in [1.165, 1.54) is 0 Å². The second kappa shape index (κ2) is 6.65. The smallest absolute Gasteiger partial charge is 0.272 e. The minimum absolute atomic E-state index is 0.0506. The number of amides is 2. The lowest BCUT2D eigenvalue weighted by atomic mass is 9.98. The van der Waals surface area contributed by atoms with Crippen molar-refractivity contribution >= 4 is 22.7 Å². The molecular formula is C23H23N3O3. The van der Waals surface area contributed by atoms with E-state index in [4.69, 9.17) is 4.74 Å². The minimum atomic E-state index is -0.306. The number of carbonyl (C=O) groups excluding carboxylic acids is 2. The third-order valence-corrected chi connectivity index (χ3v) is 5.88. The molecule has 0 saturated heterocycles. The van der Waals surface area contributed by atoms with Crippen LogP contribution in [-0.2, 0) is 11.8 Å². The molecule has 1 fully saturated rings. The number of para-hydroxylation sites is 1. The second-order valence-corrected chi connectivity index (χ2v) is 7.79. The molecule has 1 aromatic heterocycles. The summed E-state index contributed by atoms with van der Waals surface area (Å²) in [6.07, 6.45) is 2.04. The van der Waals surface area contributed by atoms with Gasteiger partial charge in [-0.1, -0.05) is 30.3 Å². The Hall–Kier alpha value is -3.28. The highest BCUT2D eigenvalue weighted by atomic mass is 16.5. The molecule has 5 rings (SSSR count). The van der Waals surface area contributed by atoms with E-state index in [9.17, 15) is 9.59 Å². The van der Waals surface area contributed by atoms with E-state index in [0.29, 0.717) is 5.69 Å². The highest BCUT2D eigenvalue weighted by Crippen LogP contribution is 2.44. The molecule has 2 aliphatic rings. The van der Waals surface area contributed by atoms with Gasteiger partial charge in [0.2, 0.25) is 5.91 Å². The van der Waals surface area contributed by atoms with Crippen molar-refractivity contribution in [1.29, 1.82) is 0 Å². The lowest BCUT2D eigenvalue weighted by Crippen LogP contribution is -2.40. The Kier molecular flexibility index (Phi) is 4.08. The van der Waals surface area contributed by atoms with Crippen molar-refractivity contribution in [3.63, 3.8) is 0 Å². The number of nitrogens with zero attached hydrogens (tertiary/aromatic N) is 2. The number of carbonyl (C=O) groups is 2. The molecule has 1 N–H and O–H groups in total. The van der Waals surface area contributed by atoms with Gasteiger partial charge in [0.05, 0.1) is 13.2 Å². The molecule has 1 aliphatic carbocycles. The standard InChI is InChI=1S/C23H23N3O3/c1-25-18-6-4-3-5-17(18)20-21(14-7-11-16(29-2)12-8-14)26(23(28)22(20)25)13-19(27)24-15-9-10-15/h3-8,11-12,15,21H,9-10,13H2,1-2H3,(H,24,27). The van der Waals surface area contributed by atoms with Crippen LogP contribution in [0.1, 0.15) is 40.5 Å². The van der Waals surface area contributed by atoms with Gasteiger partial charge in [0.1, 0.15) is 18.0 Å². The number of aryl methyl sites for hydroxylation is 1. The van der Waals surface area contributed by atoms with Crippen LogP contribution < -0.4 is 10.1 Å². The molecule has 1 saturated carbocycles. The van der Waals surface area contributed by atoms with Gasteiger partial charge in [0.25, 0.3) is 5.91 Å². The average molecular weight is 389 g/mol. The molecule has 6 nitrogen and oxygen atoms in total. The summed E-state index contributed by atoms with van der Waals surface area (Å²) in [5, 5.41) is 4.05. The van der Waals surface area contributed by atoms with Crippen LogP contribution in [0.4, 0.5) is 0 Å². The third-order valence-electron chi connectivity index (χ3n) is 5.88. The van der Waals surface area contributed by atoms with Crippen molar-refractivity contribution in [2.75, 3.05) is 13.7 Å². The number of hydrogen-bond donors (Lipinski definition) is 1. The average Bonchev–Trinajstić information content (AvgIpc) is 3.44. The highest BCUT2D eigenvalue weighted by Gasteiger charge is 2.43. The fraction of sp³-hybridized carbons (Fsp3) is 0.304. The van der Waals surface area contributed by atoms with Crippen molar-refractivity contribution in [3.05, 3.63) is 65.4 Å². The number of hydrogen-bond acceptors (Lipinski definition) is 3. The molecule has 29 heavy (non-hydrogen) atoms. The first kappa shape index (κ1) is 17.8. The summed E-state index contributed by atoms with van der Waals surface area (Å²) in [4.78, 5) is 27.7. The Bertz CT molecular complexity index is 1110. The van der Waals surface area contributed by atoms with E-state index in [0.717, 1.165) is 40.6 Å². The number of nitrogens with one attached hydrogen (secondary N) is 1. The van der Waals surface area contributed by atoms with Gasteiger partial charge < -0.3 is 19.5 Å². The number of benzene rings is 2. The van der Waals surface area contributed by atoms with Crippen LogP contribution in [0.2, 0.25) is 0 Å².